The van der Waals surface area contributed by atoms with Gasteiger partial charge in [-0.25, -0.2) is 0 Å². The van der Waals surface area contributed by atoms with Gasteiger partial charge < -0.3 is 9.47 Å². The summed E-state index contributed by atoms with van der Waals surface area (Å²) in [7, 11) is 0. The molecule has 4 heteroatoms. The maximum Gasteiger partial charge on any atom is 0.231 e. The summed E-state index contributed by atoms with van der Waals surface area (Å²) in [6.07, 6.45) is 1.76. The van der Waals surface area contributed by atoms with Gasteiger partial charge in [-0.1, -0.05) is 29.8 Å². The molecule has 20 heavy (non-hydrogen) atoms. The third-order valence-electron chi connectivity index (χ3n) is 2.87. The lowest BCUT2D eigenvalue weighted by molar-refractivity contribution is 0.174. The van der Waals surface area contributed by atoms with Gasteiger partial charge in [-0.15, -0.1) is 0 Å². The number of para-hydroxylation sites is 2. The molecule has 0 saturated carbocycles. The maximum absolute atomic E-state index is 5.92. The molecule has 0 aliphatic carbocycles. The number of fused-ring (bicyclic) bond motifs is 2. The van der Waals surface area contributed by atoms with E-state index in [2.05, 4.69) is 4.98 Å². The third kappa shape index (κ3) is 2.68. The topological polar surface area (TPSA) is 31.4 Å². The fourth-order valence-electron chi connectivity index (χ4n) is 1.91. The van der Waals surface area contributed by atoms with E-state index in [1.165, 1.54) is 0 Å². The minimum absolute atomic E-state index is 0.360. The molecule has 0 fully saturated rings. The molecule has 0 bridgehead atoms. The number of benzene rings is 2. The minimum atomic E-state index is 0.360. The lowest BCUT2D eigenvalue weighted by Gasteiger charge is -1.96. The zero-order chi connectivity index (χ0) is 13.8. The Hall–Kier alpha value is -2.26. The smallest absolute Gasteiger partial charge is 0.231 e. The number of hydrogen-bond acceptors (Lipinski definition) is 3. The number of nitrogens with zero attached hydrogens (tertiary/aromatic N) is 1. The molecule has 100 valence electrons. The molecule has 0 N–H and O–H groups in total. The molecule has 2 aromatic carbocycles. The van der Waals surface area contributed by atoms with E-state index in [1.54, 1.807) is 6.20 Å². The fraction of sp³-hybridized carbons (Fsp3) is 0.0625. The van der Waals surface area contributed by atoms with Gasteiger partial charge in [0.05, 0.1) is 5.52 Å². The van der Waals surface area contributed by atoms with Crippen LogP contribution >= 0.6 is 11.6 Å². The molecular formula is C16H12ClNO2. The molecule has 3 aromatic rings. The van der Waals surface area contributed by atoms with Gasteiger partial charge in [-0.2, -0.15) is 0 Å². The van der Waals surface area contributed by atoms with Gasteiger partial charge in [0.1, 0.15) is 0 Å². The highest BCUT2D eigenvalue weighted by Crippen LogP contribution is 2.30. The normalized spacial score (nSPS) is 11.8. The molecule has 0 spiro atoms. The van der Waals surface area contributed by atoms with E-state index in [4.69, 9.17) is 21.1 Å². The van der Waals surface area contributed by atoms with E-state index < -0.39 is 0 Å². The Balaban J connectivity index is 0.000000123. The summed E-state index contributed by atoms with van der Waals surface area (Å²) < 4.78 is 10.2. The van der Waals surface area contributed by atoms with Crippen molar-refractivity contribution in [3.8, 4) is 11.5 Å². The summed E-state index contributed by atoms with van der Waals surface area (Å²) in [5.41, 5.74) is 0.944. The summed E-state index contributed by atoms with van der Waals surface area (Å²) in [5, 5.41) is 1.77. The average molecular weight is 286 g/mol. The molecular weight excluding hydrogens is 274 g/mol. The van der Waals surface area contributed by atoms with Crippen molar-refractivity contribution in [1.82, 2.24) is 4.98 Å². The Morgan fingerprint density at radius 1 is 0.850 bits per heavy atom. The monoisotopic (exact) mass is 285 g/mol. The largest absolute Gasteiger partial charge is 0.454 e. The van der Waals surface area contributed by atoms with Crippen molar-refractivity contribution < 1.29 is 9.47 Å². The number of ether oxygens (including phenoxy) is 2. The van der Waals surface area contributed by atoms with Crippen molar-refractivity contribution in [2.75, 3.05) is 6.79 Å². The highest BCUT2D eigenvalue weighted by atomic mass is 35.5. The van der Waals surface area contributed by atoms with Crippen molar-refractivity contribution in [3.63, 3.8) is 0 Å². The molecule has 1 aliphatic heterocycles. The predicted molar refractivity (Wildman–Crippen MR) is 79.3 cm³/mol. The van der Waals surface area contributed by atoms with Gasteiger partial charge in [0.2, 0.25) is 6.79 Å². The van der Waals surface area contributed by atoms with Crippen LogP contribution in [0, 0.1) is 0 Å². The highest BCUT2D eigenvalue weighted by Gasteiger charge is 2.09. The second kappa shape index (κ2) is 5.80. The predicted octanol–water partition coefficient (Wildman–Crippen LogP) is 4.30. The van der Waals surface area contributed by atoms with Crippen LogP contribution in [0.25, 0.3) is 10.9 Å². The van der Waals surface area contributed by atoms with Gasteiger partial charge in [0, 0.05) is 16.6 Å². The van der Waals surface area contributed by atoms with Crippen LogP contribution in [0.5, 0.6) is 11.5 Å². The lowest BCUT2D eigenvalue weighted by atomic mass is 10.2. The van der Waals surface area contributed by atoms with E-state index in [-0.39, 0.29) is 0 Å². The van der Waals surface area contributed by atoms with Crippen molar-refractivity contribution >= 4 is 22.5 Å². The van der Waals surface area contributed by atoms with Crippen LogP contribution in [0.1, 0.15) is 0 Å². The summed E-state index contributed by atoms with van der Waals surface area (Å²) in [4.78, 5) is 4.16. The molecule has 1 aromatic heterocycles. The van der Waals surface area contributed by atoms with Gasteiger partial charge in [0.15, 0.2) is 11.5 Å². The number of halogens is 1. The Kier molecular flexibility index (Phi) is 3.70. The lowest BCUT2D eigenvalue weighted by Crippen LogP contribution is -1.92. The second-order valence-electron chi connectivity index (χ2n) is 4.16. The molecule has 0 atom stereocenters. The molecule has 2 heterocycles. The van der Waals surface area contributed by atoms with Gasteiger partial charge in [0.25, 0.3) is 0 Å². The molecule has 0 radical (unpaired) electrons. The van der Waals surface area contributed by atoms with Crippen LogP contribution in [0.15, 0.2) is 60.8 Å². The van der Waals surface area contributed by atoms with E-state index >= 15 is 0 Å². The van der Waals surface area contributed by atoms with E-state index in [1.807, 2.05) is 54.6 Å². The first-order valence-electron chi connectivity index (χ1n) is 6.18. The van der Waals surface area contributed by atoms with Crippen molar-refractivity contribution in [2.45, 2.75) is 0 Å². The average Bonchev–Trinajstić information content (AvgIpc) is 2.97. The SMILES string of the molecule is Clc1cccc2ncccc12.c1ccc2c(c1)OCO2. The first kappa shape index (κ1) is 12.8. The highest BCUT2D eigenvalue weighted by molar-refractivity contribution is 6.35. The fourth-order valence-corrected chi connectivity index (χ4v) is 2.14. The van der Waals surface area contributed by atoms with Crippen molar-refractivity contribution in [1.29, 1.82) is 0 Å². The van der Waals surface area contributed by atoms with Crippen molar-refractivity contribution in [3.05, 3.63) is 65.8 Å². The standard InChI is InChI=1S/C9H6ClN.C7H6O2/c10-8-4-1-5-9-7(8)3-2-6-11-9;1-2-4-7-6(3-1)8-5-9-7/h1-6H;1-4H,5H2. The van der Waals surface area contributed by atoms with E-state index in [0.717, 1.165) is 27.4 Å². The quantitative estimate of drug-likeness (QED) is 0.617. The van der Waals surface area contributed by atoms with Crippen molar-refractivity contribution in [2.24, 2.45) is 0 Å². The second-order valence-corrected chi connectivity index (χ2v) is 4.57. The summed E-state index contributed by atoms with van der Waals surface area (Å²) in [6.45, 7) is 0.360. The summed E-state index contributed by atoms with van der Waals surface area (Å²) in [5.74, 6) is 1.69. The van der Waals surface area contributed by atoms with Crippen LogP contribution < -0.4 is 9.47 Å². The maximum atomic E-state index is 5.92. The molecule has 3 nitrogen and oxygen atoms in total. The van der Waals surface area contributed by atoms with Crippen LogP contribution in [0.2, 0.25) is 5.02 Å². The number of hydrogen-bond donors (Lipinski definition) is 0. The molecule has 0 amide bonds. The molecule has 1 aliphatic rings. The zero-order valence-electron chi connectivity index (χ0n) is 10.6. The summed E-state index contributed by atoms with van der Waals surface area (Å²) in [6, 6.07) is 17.2. The molecule has 4 rings (SSSR count). The third-order valence-corrected chi connectivity index (χ3v) is 3.20. The van der Waals surface area contributed by atoms with Crippen LogP contribution in [-0.2, 0) is 0 Å². The molecule has 0 unspecified atom stereocenters. The van der Waals surface area contributed by atoms with Crippen LogP contribution in [0.4, 0.5) is 0 Å². The number of aromatic nitrogens is 1. The first-order valence-corrected chi connectivity index (χ1v) is 6.56. The van der Waals surface area contributed by atoms with Gasteiger partial charge in [-0.05, 0) is 36.4 Å². The van der Waals surface area contributed by atoms with E-state index in [9.17, 15) is 0 Å². The number of pyridine rings is 1. The first-order chi connectivity index (χ1) is 9.84. The zero-order valence-corrected chi connectivity index (χ0v) is 11.4. The molecule has 0 saturated heterocycles. The summed E-state index contributed by atoms with van der Waals surface area (Å²) >= 11 is 5.92. The van der Waals surface area contributed by atoms with Gasteiger partial charge in [-0.3, -0.25) is 4.98 Å². The Morgan fingerprint density at radius 3 is 2.30 bits per heavy atom. The van der Waals surface area contributed by atoms with Crippen LogP contribution in [-0.4, -0.2) is 11.8 Å². The van der Waals surface area contributed by atoms with E-state index in [0.29, 0.717) is 6.79 Å². The Labute approximate surface area is 121 Å². The van der Waals surface area contributed by atoms with Crippen LogP contribution in [0.3, 0.4) is 0 Å². The minimum Gasteiger partial charge on any atom is -0.454 e. The number of rotatable bonds is 0. The van der Waals surface area contributed by atoms with Gasteiger partial charge >= 0.3 is 0 Å². The Morgan fingerprint density at radius 2 is 1.60 bits per heavy atom. The Bertz CT molecular complexity index is 702.